The lowest BCUT2D eigenvalue weighted by atomic mass is 9.87. The van der Waals surface area contributed by atoms with Gasteiger partial charge in [-0.3, -0.25) is 8.78 Å². The maximum absolute atomic E-state index is 14.1. The molecule has 0 aromatic heterocycles. The molecule has 4 heterocycles. The second-order valence-electron chi connectivity index (χ2n) is 36.0. The van der Waals surface area contributed by atoms with Gasteiger partial charge in [0.05, 0.1) is 127 Å². The van der Waals surface area contributed by atoms with Gasteiger partial charge < -0.3 is 58.3 Å². The topological polar surface area (TPSA) is 168 Å². The van der Waals surface area contributed by atoms with Crippen LogP contribution in [0.2, 0.25) is 159 Å². The van der Waals surface area contributed by atoms with Gasteiger partial charge in [0.15, 0.2) is 6.86 Å². The molecule has 9 unspecified atom stereocenters. The first kappa shape index (κ1) is 102. The lowest BCUT2D eigenvalue weighted by Gasteiger charge is -2.37. The standard InChI is InChI=1S/C21H42F4O4Si2.C19H37FO2Si2.C17H34O2Si2.C15H32O3Si2.C3H6F2.CH3FO/c1-6-19(29-17-21(24,25)9-8-20(22,23)16-26)31(4,5)13-12-30(2,3)11-7-10-27-14-18-15-28-18;1-16(23(2,3)13-6-11-21-12-10-20)24(4,5)14-9-17-7-8-18-19(15-17)22-18;1-14(20(2,3)11-6-10-18)21(4,5)12-9-15-7-8-16-17(13-15)19-16;1-14(19(2,3)10-6-8-16)20(4,5)11-7-9-17-12-15-13-18-15;4-2-1-3-5;2-1-3/h18-19,26H,6-17H2,1-5H3;17-19H,1,6-15H2,2-5H3;15-18H,1,6-13H2,2-5H3;15-16H,1,6-13H2,2-5H3;1-3H2;3H,1H2. The highest BCUT2D eigenvalue weighted by Gasteiger charge is 2.47. The normalized spacial score (nSPS) is 22.0. The van der Waals surface area contributed by atoms with Crippen LogP contribution in [0.1, 0.15) is 116 Å². The van der Waals surface area contributed by atoms with Gasteiger partial charge in [0, 0.05) is 66.1 Å². The minimum Gasteiger partial charge on any atom is -0.396 e. The molecule has 0 spiro atoms. The Kier molecular flexibility index (Phi) is 49.2. The molecule has 4 saturated heterocycles. The second kappa shape index (κ2) is 50.2. The van der Waals surface area contributed by atoms with Gasteiger partial charge in [-0.25, -0.2) is 26.3 Å². The van der Waals surface area contributed by atoms with Gasteiger partial charge in [0.25, 0.3) is 11.8 Å². The minimum atomic E-state index is -3.48. The summed E-state index contributed by atoms with van der Waals surface area (Å²) in [6.07, 6.45) is 17.6. The smallest absolute Gasteiger partial charge is 0.271 e. The van der Waals surface area contributed by atoms with Gasteiger partial charge in [0.2, 0.25) is 0 Å². The summed E-state index contributed by atoms with van der Waals surface area (Å²) < 4.78 is 142. The van der Waals surface area contributed by atoms with Crippen molar-refractivity contribution in [3.8, 4) is 0 Å². The van der Waals surface area contributed by atoms with Crippen molar-refractivity contribution in [1.82, 2.24) is 0 Å². The van der Waals surface area contributed by atoms with Crippen molar-refractivity contribution in [2.75, 3.05) is 106 Å². The molecule has 9 atom stereocenters. The maximum atomic E-state index is 14.1. The van der Waals surface area contributed by atoms with Crippen LogP contribution in [0, 0.1) is 11.8 Å². The Morgan fingerprint density at radius 1 is 0.452 bits per heavy atom. The number of alkyl halides is 8. The van der Waals surface area contributed by atoms with Crippen molar-refractivity contribution in [3.05, 3.63) is 34.2 Å². The van der Waals surface area contributed by atoms with Crippen LogP contribution in [0.3, 0.4) is 0 Å². The van der Waals surface area contributed by atoms with E-state index in [1.165, 1.54) is 81.6 Å². The van der Waals surface area contributed by atoms with Crippen LogP contribution in [-0.4, -0.2) is 245 Å². The van der Waals surface area contributed by atoms with Gasteiger partial charge in [-0.2, -0.15) is 0 Å². The van der Waals surface area contributed by atoms with E-state index in [9.17, 15) is 35.1 Å². The number of hydrogen-bond acceptors (Lipinski definition) is 12. The Bertz CT molecular complexity index is 2320. The predicted octanol–water partition coefficient (Wildman–Crippen LogP) is 19.8. The highest BCUT2D eigenvalue weighted by molar-refractivity contribution is 7.06. The Hall–Kier alpha value is -0.0849. The van der Waals surface area contributed by atoms with Gasteiger partial charge >= 0.3 is 0 Å². The third-order valence-electron chi connectivity index (χ3n) is 22.9. The Morgan fingerprint density at radius 2 is 0.817 bits per heavy atom. The van der Waals surface area contributed by atoms with E-state index < -0.39 is 123 Å². The summed E-state index contributed by atoms with van der Waals surface area (Å²) in [5.74, 6) is -5.02. The number of ether oxygens (including phenoxy) is 8. The summed E-state index contributed by atoms with van der Waals surface area (Å²) in [5.41, 5.74) is -0.233. The number of epoxide rings is 4. The molecule has 6 aliphatic rings. The van der Waals surface area contributed by atoms with Crippen LogP contribution >= 0.6 is 0 Å². The Balaban J connectivity index is 0.000000676. The van der Waals surface area contributed by atoms with Crippen LogP contribution in [0.15, 0.2) is 34.2 Å². The molecular formula is C76H154F8O12Si8. The zero-order valence-electron chi connectivity index (χ0n) is 68.6. The highest BCUT2D eigenvalue weighted by Crippen LogP contribution is 2.45. The van der Waals surface area contributed by atoms with Crippen LogP contribution in [0.25, 0.3) is 0 Å². The first-order chi connectivity index (χ1) is 48.4. The summed E-state index contributed by atoms with van der Waals surface area (Å²) in [6.45, 7) is 55.5. The van der Waals surface area contributed by atoms with E-state index in [4.69, 9.17) is 58.3 Å². The number of hydrogen-bond donors (Lipinski definition) is 4. The fourth-order valence-electron chi connectivity index (χ4n) is 14.8. The van der Waals surface area contributed by atoms with Gasteiger partial charge in [0.1, 0.15) is 32.1 Å². The van der Waals surface area contributed by atoms with Crippen molar-refractivity contribution < 1.29 is 93.4 Å². The van der Waals surface area contributed by atoms with E-state index in [-0.39, 0.29) is 25.4 Å². The molecular weight excluding hydrogens is 1480 g/mol. The van der Waals surface area contributed by atoms with Crippen molar-refractivity contribution in [2.45, 2.75) is 329 Å². The van der Waals surface area contributed by atoms with E-state index in [0.717, 1.165) is 101 Å². The second-order valence-corrected chi connectivity index (χ2v) is 77.2. The van der Waals surface area contributed by atoms with Crippen molar-refractivity contribution >= 4 is 64.6 Å². The lowest BCUT2D eigenvalue weighted by Crippen LogP contribution is -2.46. The molecule has 618 valence electrons. The number of rotatable bonds is 50. The molecule has 0 radical (unpaired) electrons. The Labute approximate surface area is 635 Å². The molecule has 0 aromatic rings. The van der Waals surface area contributed by atoms with E-state index in [2.05, 4.69) is 124 Å². The zero-order valence-corrected chi connectivity index (χ0v) is 76.6. The molecule has 0 amide bonds. The molecule has 0 bridgehead atoms. The molecule has 104 heavy (non-hydrogen) atoms. The maximum Gasteiger partial charge on any atom is 0.271 e. The summed E-state index contributed by atoms with van der Waals surface area (Å²) >= 11 is 0. The van der Waals surface area contributed by atoms with Gasteiger partial charge in [-0.15, -0.1) is 19.7 Å². The average molecular weight is 1640 g/mol. The van der Waals surface area contributed by atoms with Gasteiger partial charge in [-0.1, -0.05) is 193 Å². The van der Waals surface area contributed by atoms with E-state index in [0.29, 0.717) is 69.5 Å². The number of aliphatic hydroxyl groups is 4. The number of fused-ring (bicyclic) bond motifs is 2. The molecule has 4 aliphatic heterocycles. The molecule has 6 rings (SSSR count). The number of aliphatic hydroxyl groups excluding tert-OH is 4. The Morgan fingerprint density at radius 3 is 1.15 bits per heavy atom. The quantitative estimate of drug-likeness (QED) is 0.0197. The largest absolute Gasteiger partial charge is 0.396 e. The number of halogens is 8. The third-order valence-corrected chi connectivity index (χ3v) is 62.0. The zero-order chi connectivity index (χ0) is 79.3. The summed E-state index contributed by atoms with van der Waals surface area (Å²) in [6, 6.07) is 10.9. The molecule has 6 fully saturated rings. The summed E-state index contributed by atoms with van der Waals surface area (Å²) in [5, 5.41) is 33.6. The van der Waals surface area contributed by atoms with Gasteiger partial charge in [-0.05, 0) is 88.9 Å². The van der Waals surface area contributed by atoms with Crippen molar-refractivity contribution in [1.29, 1.82) is 0 Å². The summed E-state index contributed by atoms with van der Waals surface area (Å²) in [7, 11) is -11.6. The lowest BCUT2D eigenvalue weighted by molar-refractivity contribution is -0.119. The van der Waals surface area contributed by atoms with Crippen molar-refractivity contribution in [3.63, 3.8) is 0 Å². The van der Waals surface area contributed by atoms with Crippen LogP contribution in [0.4, 0.5) is 35.1 Å². The fourth-order valence-corrected chi connectivity index (χ4v) is 55.8. The van der Waals surface area contributed by atoms with Crippen LogP contribution < -0.4 is 0 Å². The molecule has 2 saturated carbocycles. The van der Waals surface area contributed by atoms with E-state index in [1.54, 1.807) is 14.5 Å². The minimum absolute atomic E-state index is 0.0556. The molecule has 4 N–H and O–H groups in total. The summed E-state index contributed by atoms with van der Waals surface area (Å²) in [4.78, 5) is 4.81. The first-order valence-corrected chi connectivity index (χ1v) is 65.7. The first-order valence-electron chi connectivity index (χ1n) is 39.8. The molecule has 12 nitrogen and oxygen atoms in total. The van der Waals surface area contributed by atoms with Crippen LogP contribution in [0.5, 0.6) is 0 Å². The molecule has 2 aliphatic carbocycles. The van der Waals surface area contributed by atoms with Crippen LogP contribution in [-0.2, 0) is 37.9 Å². The average Bonchev–Trinajstić information content (AvgIpc) is 1.70. The SMILES string of the molecule is C=C([Si](C)(C)CCCO)[Si](C)(C)CCC1CCC2OC2C1.C=C([Si](C)(C)CCCO)[Si](C)(C)CCCOCC1CO1.C=C([Si](C)(C)CCCOCCF)[Si](C)(C)CCC1CCC2OC2C1.CCC(OCC(F)(F)CCC(F)(F)CO)[Si](C)(C)CC[Si](C)(C)CCCOCC1CO1.FCCCF.OCF. The van der Waals surface area contributed by atoms with Crippen molar-refractivity contribution in [2.24, 2.45) is 11.8 Å². The van der Waals surface area contributed by atoms with E-state index >= 15 is 0 Å². The monoisotopic (exact) mass is 1630 g/mol. The molecule has 28 heteroatoms. The van der Waals surface area contributed by atoms with E-state index in [1.807, 2.05) is 6.92 Å². The fraction of sp³-hybridized carbons (Fsp3) is 0.921. The predicted molar refractivity (Wildman–Crippen MR) is 438 cm³/mol. The highest BCUT2D eigenvalue weighted by atomic mass is 28.4. The third kappa shape index (κ3) is 44.4. The molecule has 0 aromatic carbocycles.